The van der Waals surface area contributed by atoms with E-state index in [0.29, 0.717) is 11.5 Å². The van der Waals surface area contributed by atoms with Gasteiger partial charge in [-0.15, -0.1) is 0 Å². The molecule has 2 rings (SSSR count). The molecule has 1 N–H and O–H groups in total. The van der Waals surface area contributed by atoms with Gasteiger partial charge in [-0.25, -0.2) is 4.79 Å². The van der Waals surface area contributed by atoms with E-state index in [0.717, 1.165) is 21.8 Å². The molecule has 5 nitrogen and oxygen atoms in total. The van der Waals surface area contributed by atoms with E-state index in [1.54, 1.807) is 24.3 Å². The molecule has 0 fully saturated rings. The van der Waals surface area contributed by atoms with Crippen molar-refractivity contribution in [1.82, 2.24) is 5.16 Å². The Morgan fingerprint density at radius 1 is 1.50 bits per heavy atom. The molecule has 0 aliphatic carbocycles. The zero-order valence-electron chi connectivity index (χ0n) is 10.7. The molecule has 0 bridgehead atoms. The van der Waals surface area contributed by atoms with Gasteiger partial charge in [0.05, 0.1) is 5.69 Å². The van der Waals surface area contributed by atoms with Crippen LogP contribution in [0.4, 0.5) is 0 Å². The molecule has 0 radical (unpaired) electrons. The normalized spacial score (nSPS) is 10.9. The number of benzene rings is 1. The quantitative estimate of drug-likeness (QED) is 0.846. The van der Waals surface area contributed by atoms with Crippen LogP contribution in [-0.2, 0) is 11.4 Å². The maximum atomic E-state index is 10.5. The third kappa shape index (κ3) is 3.96. The number of aliphatic carboxylic acids is 1. The first-order chi connectivity index (χ1) is 9.54. The second-order valence-corrected chi connectivity index (χ2v) is 4.93. The van der Waals surface area contributed by atoms with Gasteiger partial charge in [-0.3, -0.25) is 0 Å². The van der Waals surface area contributed by atoms with Crippen molar-refractivity contribution in [3.8, 4) is 5.75 Å². The van der Waals surface area contributed by atoms with Crippen molar-refractivity contribution in [1.29, 1.82) is 0 Å². The third-order valence-corrected chi connectivity index (χ3v) is 3.15. The molecule has 0 saturated heterocycles. The Labute approximate surface area is 124 Å². The van der Waals surface area contributed by atoms with E-state index in [4.69, 9.17) is 14.4 Å². The highest BCUT2D eigenvalue weighted by molar-refractivity contribution is 9.10. The number of hydrogen-bond acceptors (Lipinski definition) is 4. The summed E-state index contributed by atoms with van der Waals surface area (Å²) in [5.74, 6) is 0.251. The molecule has 0 atom stereocenters. The van der Waals surface area contributed by atoms with Gasteiger partial charge in [-0.1, -0.05) is 21.1 Å². The van der Waals surface area contributed by atoms with Crippen LogP contribution in [0.1, 0.15) is 17.0 Å². The van der Waals surface area contributed by atoms with Gasteiger partial charge in [-0.05, 0) is 36.8 Å². The number of hydrogen-bond donors (Lipinski definition) is 1. The standard InChI is InChI=1S/C14H12BrNO4/c1-9-6-12(20-16-9)8-19-11-3-4-13(15)10(7-11)2-5-14(17)18/h2-7H,8H2,1H3,(H,17,18)/b5-2+. The van der Waals surface area contributed by atoms with Gasteiger partial charge in [0.25, 0.3) is 0 Å². The van der Waals surface area contributed by atoms with Crippen molar-refractivity contribution in [3.63, 3.8) is 0 Å². The van der Waals surface area contributed by atoms with E-state index in [1.165, 1.54) is 6.08 Å². The van der Waals surface area contributed by atoms with Crippen molar-refractivity contribution in [2.75, 3.05) is 0 Å². The SMILES string of the molecule is Cc1cc(COc2ccc(Br)c(/C=C/C(=O)O)c2)on1. The smallest absolute Gasteiger partial charge is 0.328 e. The molecular formula is C14H12BrNO4. The summed E-state index contributed by atoms with van der Waals surface area (Å²) in [4.78, 5) is 10.5. The minimum Gasteiger partial charge on any atom is -0.486 e. The second kappa shape index (κ2) is 6.38. The maximum Gasteiger partial charge on any atom is 0.328 e. The highest BCUT2D eigenvalue weighted by Crippen LogP contribution is 2.24. The Balaban J connectivity index is 2.08. The van der Waals surface area contributed by atoms with Crippen molar-refractivity contribution in [2.24, 2.45) is 0 Å². The summed E-state index contributed by atoms with van der Waals surface area (Å²) in [6, 6.07) is 7.12. The van der Waals surface area contributed by atoms with Crippen LogP contribution in [0.3, 0.4) is 0 Å². The minimum absolute atomic E-state index is 0.268. The maximum absolute atomic E-state index is 10.5. The van der Waals surface area contributed by atoms with Crippen LogP contribution in [-0.4, -0.2) is 16.2 Å². The molecule has 0 saturated carbocycles. The zero-order valence-corrected chi connectivity index (χ0v) is 12.3. The molecule has 1 aromatic heterocycles. The van der Waals surface area contributed by atoms with Crippen LogP contribution in [0, 0.1) is 6.92 Å². The second-order valence-electron chi connectivity index (χ2n) is 4.08. The molecule has 0 spiro atoms. The van der Waals surface area contributed by atoms with Crippen LogP contribution >= 0.6 is 15.9 Å². The number of carboxylic acids is 1. The highest BCUT2D eigenvalue weighted by Gasteiger charge is 2.04. The van der Waals surface area contributed by atoms with Crippen molar-refractivity contribution in [2.45, 2.75) is 13.5 Å². The van der Waals surface area contributed by atoms with Gasteiger partial charge < -0.3 is 14.4 Å². The summed E-state index contributed by atoms with van der Waals surface area (Å²) in [5.41, 5.74) is 1.52. The third-order valence-electron chi connectivity index (χ3n) is 2.43. The largest absolute Gasteiger partial charge is 0.486 e. The number of halogens is 1. The van der Waals surface area contributed by atoms with E-state index in [9.17, 15) is 4.79 Å². The topological polar surface area (TPSA) is 72.6 Å². The van der Waals surface area contributed by atoms with Gasteiger partial charge >= 0.3 is 5.97 Å². The van der Waals surface area contributed by atoms with E-state index in [1.807, 2.05) is 6.92 Å². The first kappa shape index (κ1) is 14.3. The number of ether oxygens (including phenoxy) is 1. The van der Waals surface area contributed by atoms with Crippen molar-refractivity contribution in [3.05, 3.63) is 51.8 Å². The average molecular weight is 338 g/mol. The molecule has 2 aromatic rings. The highest BCUT2D eigenvalue weighted by atomic mass is 79.9. The fourth-order valence-corrected chi connectivity index (χ4v) is 1.92. The predicted octanol–water partition coefficient (Wildman–Crippen LogP) is 3.42. The number of rotatable bonds is 5. The number of carbonyl (C=O) groups is 1. The van der Waals surface area contributed by atoms with Crippen LogP contribution in [0.2, 0.25) is 0 Å². The molecule has 1 heterocycles. The Morgan fingerprint density at radius 3 is 2.95 bits per heavy atom. The van der Waals surface area contributed by atoms with Crippen LogP contribution in [0.15, 0.2) is 39.3 Å². The van der Waals surface area contributed by atoms with Crippen LogP contribution in [0.25, 0.3) is 6.08 Å². The molecule has 1 aromatic carbocycles. The zero-order chi connectivity index (χ0) is 14.5. The van der Waals surface area contributed by atoms with Crippen molar-refractivity contribution < 1.29 is 19.2 Å². The van der Waals surface area contributed by atoms with Gasteiger partial charge in [-0.2, -0.15) is 0 Å². The van der Waals surface area contributed by atoms with Gasteiger partial charge in [0.1, 0.15) is 12.4 Å². The molecule has 104 valence electrons. The molecule has 20 heavy (non-hydrogen) atoms. The fraction of sp³-hybridized carbons (Fsp3) is 0.143. The first-order valence-corrected chi connectivity index (χ1v) is 6.59. The lowest BCUT2D eigenvalue weighted by Crippen LogP contribution is -1.94. The molecule has 0 amide bonds. The van der Waals surface area contributed by atoms with Crippen LogP contribution < -0.4 is 4.74 Å². The van der Waals surface area contributed by atoms with Gasteiger partial charge in [0, 0.05) is 16.6 Å². The molecule has 0 unspecified atom stereocenters. The number of carboxylic acid groups (broad SMARTS) is 1. The summed E-state index contributed by atoms with van der Waals surface area (Å²) in [6.07, 6.45) is 2.57. The summed E-state index contributed by atoms with van der Waals surface area (Å²) in [6.45, 7) is 2.10. The summed E-state index contributed by atoms with van der Waals surface area (Å²) >= 11 is 3.35. The molecular weight excluding hydrogens is 326 g/mol. The lowest BCUT2D eigenvalue weighted by atomic mass is 10.2. The summed E-state index contributed by atoms with van der Waals surface area (Å²) in [7, 11) is 0. The fourth-order valence-electron chi connectivity index (χ4n) is 1.54. The predicted molar refractivity (Wildman–Crippen MR) is 76.4 cm³/mol. The minimum atomic E-state index is -1.000. The van der Waals surface area contributed by atoms with E-state index < -0.39 is 5.97 Å². The lowest BCUT2D eigenvalue weighted by molar-refractivity contribution is -0.131. The number of aryl methyl sites for hydroxylation is 1. The first-order valence-electron chi connectivity index (χ1n) is 5.80. The van der Waals surface area contributed by atoms with Crippen LogP contribution in [0.5, 0.6) is 5.75 Å². The van der Waals surface area contributed by atoms with E-state index in [-0.39, 0.29) is 6.61 Å². The summed E-state index contributed by atoms with van der Waals surface area (Å²) in [5, 5.41) is 12.4. The van der Waals surface area contributed by atoms with Crippen molar-refractivity contribution >= 4 is 28.0 Å². The number of aromatic nitrogens is 1. The molecule has 0 aliphatic rings. The Kier molecular flexibility index (Phi) is 4.57. The summed E-state index contributed by atoms with van der Waals surface area (Å²) < 4.78 is 11.4. The Bertz CT molecular complexity index is 648. The van der Waals surface area contributed by atoms with Gasteiger partial charge in [0.15, 0.2) is 5.76 Å². The molecule has 0 aliphatic heterocycles. The van der Waals surface area contributed by atoms with E-state index >= 15 is 0 Å². The number of nitrogens with zero attached hydrogens (tertiary/aromatic N) is 1. The lowest BCUT2D eigenvalue weighted by Gasteiger charge is -2.06. The Hall–Kier alpha value is -2.08. The monoisotopic (exact) mass is 337 g/mol. The average Bonchev–Trinajstić information content (AvgIpc) is 2.82. The van der Waals surface area contributed by atoms with E-state index in [2.05, 4.69) is 21.1 Å². The molecule has 6 heteroatoms. The Morgan fingerprint density at radius 2 is 2.30 bits per heavy atom. The van der Waals surface area contributed by atoms with Gasteiger partial charge in [0.2, 0.25) is 0 Å².